The maximum absolute atomic E-state index is 14.3. The molecule has 2 aromatic rings. The number of rotatable bonds is 6. The summed E-state index contributed by atoms with van der Waals surface area (Å²) in [5.41, 5.74) is 0.270. The molecule has 0 spiro atoms. The summed E-state index contributed by atoms with van der Waals surface area (Å²) in [5, 5.41) is -2.04. The Balaban J connectivity index is 2.45. The molecule has 1 aliphatic rings. The molecule has 2 aromatic carbocycles. The summed E-state index contributed by atoms with van der Waals surface area (Å²) < 4.78 is 72.7. The van der Waals surface area contributed by atoms with Gasteiger partial charge in [-0.15, -0.1) is 0 Å². The van der Waals surface area contributed by atoms with Crippen LogP contribution in [0.4, 0.5) is 4.39 Å². The zero-order valence-electron chi connectivity index (χ0n) is 16.5. The molecular weight excluding hydrogens is 420 g/mol. The Morgan fingerprint density at radius 1 is 1.03 bits per heavy atom. The number of hydrogen-bond donors (Lipinski definition) is 1. The fourth-order valence-electron chi connectivity index (χ4n) is 3.23. The standard InChI is InChI=1S/C19H23FNO6PS/c1-13(2)25-28(22,26-14(3)4)19(15-8-6-5-7-9-15)17-12-16(20)10-11-18(17)27-29(23,24)21-19/h5-14,21H,1-4H3/t19-/m0/s1. The van der Waals surface area contributed by atoms with Crippen molar-refractivity contribution in [1.82, 2.24) is 4.72 Å². The van der Waals surface area contributed by atoms with Crippen LogP contribution in [0, 0.1) is 5.82 Å². The Morgan fingerprint density at radius 2 is 1.62 bits per heavy atom. The van der Waals surface area contributed by atoms with Gasteiger partial charge in [-0.2, -0.15) is 13.1 Å². The fourth-order valence-corrected chi connectivity index (χ4v) is 7.43. The van der Waals surface area contributed by atoms with Crippen LogP contribution in [0.5, 0.6) is 5.75 Å². The molecule has 1 aliphatic heterocycles. The van der Waals surface area contributed by atoms with E-state index in [1.54, 1.807) is 58.0 Å². The first-order valence-electron chi connectivity index (χ1n) is 9.05. The van der Waals surface area contributed by atoms with E-state index in [4.69, 9.17) is 13.2 Å². The monoisotopic (exact) mass is 443 g/mol. The van der Waals surface area contributed by atoms with Gasteiger partial charge < -0.3 is 13.2 Å². The van der Waals surface area contributed by atoms with E-state index in [0.717, 1.165) is 12.1 Å². The summed E-state index contributed by atoms with van der Waals surface area (Å²) in [5.74, 6) is -0.816. The van der Waals surface area contributed by atoms with Crippen molar-refractivity contribution >= 4 is 17.9 Å². The van der Waals surface area contributed by atoms with Crippen molar-refractivity contribution < 1.29 is 30.6 Å². The first kappa shape index (κ1) is 21.9. The predicted molar refractivity (Wildman–Crippen MR) is 106 cm³/mol. The van der Waals surface area contributed by atoms with E-state index in [9.17, 15) is 17.4 Å². The quantitative estimate of drug-likeness (QED) is 0.670. The van der Waals surface area contributed by atoms with Crippen molar-refractivity contribution in [3.05, 3.63) is 65.5 Å². The maximum atomic E-state index is 14.3. The fraction of sp³-hybridized carbons (Fsp3) is 0.368. The third-order valence-electron chi connectivity index (χ3n) is 4.11. The summed E-state index contributed by atoms with van der Waals surface area (Å²) in [6, 6.07) is 11.5. The molecule has 0 saturated carbocycles. The summed E-state index contributed by atoms with van der Waals surface area (Å²) in [6.45, 7) is 6.59. The third kappa shape index (κ3) is 4.11. The van der Waals surface area contributed by atoms with Crippen molar-refractivity contribution in [3.8, 4) is 5.75 Å². The van der Waals surface area contributed by atoms with Crippen LogP contribution in [-0.4, -0.2) is 20.6 Å². The van der Waals surface area contributed by atoms with Gasteiger partial charge in [-0.25, -0.2) is 4.39 Å². The number of fused-ring (bicyclic) bond motifs is 1. The summed E-state index contributed by atoms with van der Waals surface area (Å²) in [4.78, 5) is 0. The molecule has 3 rings (SSSR count). The molecule has 0 amide bonds. The van der Waals surface area contributed by atoms with Crippen LogP contribution in [0.25, 0.3) is 0 Å². The van der Waals surface area contributed by atoms with E-state index >= 15 is 0 Å². The topological polar surface area (TPSA) is 90.9 Å². The zero-order chi connectivity index (χ0) is 21.4. The third-order valence-corrected chi connectivity index (χ3v) is 8.04. The van der Waals surface area contributed by atoms with Crippen molar-refractivity contribution in [3.63, 3.8) is 0 Å². The van der Waals surface area contributed by atoms with Gasteiger partial charge in [0.25, 0.3) is 0 Å². The lowest BCUT2D eigenvalue weighted by atomic mass is 9.97. The van der Waals surface area contributed by atoms with Crippen LogP contribution in [0.3, 0.4) is 0 Å². The smallest absolute Gasteiger partial charge is 0.370 e. The number of halogens is 1. The molecule has 0 aromatic heterocycles. The molecule has 0 aliphatic carbocycles. The molecule has 10 heteroatoms. The van der Waals surface area contributed by atoms with Gasteiger partial charge >= 0.3 is 17.9 Å². The van der Waals surface area contributed by atoms with Crippen LogP contribution in [0.15, 0.2) is 48.5 Å². The largest absolute Gasteiger partial charge is 0.384 e. The van der Waals surface area contributed by atoms with Gasteiger partial charge in [0.05, 0.1) is 12.2 Å². The van der Waals surface area contributed by atoms with Crippen molar-refractivity contribution in [1.29, 1.82) is 0 Å². The minimum Gasteiger partial charge on any atom is -0.370 e. The first-order valence-corrected chi connectivity index (χ1v) is 12.0. The van der Waals surface area contributed by atoms with Crippen molar-refractivity contribution in [2.75, 3.05) is 0 Å². The van der Waals surface area contributed by atoms with E-state index in [1.807, 2.05) is 0 Å². The summed E-state index contributed by atoms with van der Waals surface area (Å²) >= 11 is 0. The van der Waals surface area contributed by atoms with Gasteiger partial charge in [0.1, 0.15) is 11.6 Å². The average molecular weight is 443 g/mol. The van der Waals surface area contributed by atoms with Gasteiger partial charge in [0.15, 0.2) is 5.28 Å². The van der Waals surface area contributed by atoms with Crippen LogP contribution in [0.2, 0.25) is 0 Å². The Labute approximate surface area is 170 Å². The molecule has 0 fully saturated rings. The zero-order valence-corrected chi connectivity index (χ0v) is 18.2. The normalized spacial score (nSPS) is 21.1. The van der Waals surface area contributed by atoms with Crippen LogP contribution in [0.1, 0.15) is 38.8 Å². The first-order chi connectivity index (χ1) is 13.5. The van der Waals surface area contributed by atoms with Gasteiger partial charge in [-0.1, -0.05) is 30.3 Å². The summed E-state index contributed by atoms with van der Waals surface area (Å²) in [6.07, 6.45) is -1.16. The number of hydrogen-bond acceptors (Lipinski definition) is 6. The second kappa shape index (κ2) is 7.81. The second-order valence-corrected chi connectivity index (χ2v) is 10.5. The molecule has 1 N–H and O–H groups in total. The minimum absolute atomic E-state index is 0.00292. The van der Waals surface area contributed by atoms with Crippen LogP contribution in [-0.2, 0) is 29.2 Å². The van der Waals surface area contributed by atoms with Crippen LogP contribution >= 0.6 is 7.60 Å². The van der Waals surface area contributed by atoms with E-state index < -0.39 is 41.2 Å². The van der Waals surface area contributed by atoms with Gasteiger partial charge in [0, 0.05) is 5.56 Å². The van der Waals surface area contributed by atoms with E-state index in [1.165, 1.54) is 6.07 Å². The average Bonchev–Trinajstić information content (AvgIpc) is 2.60. The molecule has 0 saturated heterocycles. The molecule has 1 heterocycles. The summed E-state index contributed by atoms with van der Waals surface area (Å²) in [7, 11) is -8.75. The lowest BCUT2D eigenvalue weighted by molar-refractivity contribution is 0.126. The second-order valence-electron chi connectivity index (χ2n) is 7.16. The van der Waals surface area contributed by atoms with E-state index in [2.05, 4.69) is 4.72 Å². The van der Waals surface area contributed by atoms with Gasteiger partial charge in [-0.3, -0.25) is 4.57 Å². The Hall–Kier alpha value is -1.77. The maximum Gasteiger partial charge on any atom is 0.384 e. The Bertz CT molecular complexity index is 1030. The van der Waals surface area contributed by atoms with Gasteiger partial charge in [-0.05, 0) is 51.5 Å². The lowest BCUT2D eigenvalue weighted by Crippen LogP contribution is -2.52. The number of nitrogens with one attached hydrogen (secondary N) is 1. The highest BCUT2D eigenvalue weighted by Gasteiger charge is 2.61. The molecule has 0 bridgehead atoms. The molecule has 1 atom stereocenters. The van der Waals surface area contributed by atoms with Crippen LogP contribution < -0.4 is 8.91 Å². The van der Waals surface area contributed by atoms with E-state index in [-0.39, 0.29) is 16.9 Å². The molecule has 7 nitrogen and oxygen atoms in total. The van der Waals surface area contributed by atoms with Gasteiger partial charge in [0.2, 0.25) is 0 Å². The Kier molecular flexibility index (Phi) is 5.91. The SMILES string of the molecule is CC(C)OP(=O)(OC(C)C)[C@]1(c2ccccc2)NS(=O)(=O)Oc2ccc(F)cc21. The highest BCUT2D eigenvalue weighted by atomic mass is 32.2. The Morgan fingerprint density at radius 3 is 2.17 bits per heavy atom. The molecular formula is C19H23FNO6PS. The minimum atomic E-state index is -4.42. The highest BCUT2D eigenvalue weighted by Crippen LogP contribution is 2.69. The lowest BCUT2D eigenvalue weighted by Gasteiger charge is -2.43. The van der Waals surface area contributed by atoms with Crippen molar-refractivity contribution in [2.24, 2.45) is 0 Å². The molecule has 0 radical (unpaired) electrons. The number of benzene rings is 2. The van der Waals surface area contributed by atoms with E-state index in [0.29, 0.717) is 0 Å². The highest BCUT2D eigenvalue weighted by molar-refractivity contribution is 7.85. The molecule has 158 valence electrons. The molecule has 0 unspecified atom stereocenters. The molecule has 29 heavy (non-hydrogen) atoms. The van der Waals surface area contributed by atoms with Crippen molar-refractivity contribution in [2.45, 2.75) is 45.2 Å². The predicted octanol–water partition coefficient (Wildman–Crippen LogP) is 4.30.